The lowest BCUT2D eigenvalue weighted by atomic mass is 10.1. The summed E-state index contributed by atoms with van der Waals surface area (Å²) in [5, 5.41) is 14.9. The van der Waals surface area contributed by atoms with Crippen molar-refractivity contribution in [3.05, 3.63) is 98.0 Å². The van der Waals surface area contributed by atoms with E-state index in [1.807, 2.05) is 19.1 Å². The maximum absolute atomic E-state index is 12.4. The highest BCUT2D eigenvalue weighted by Gasteiger charge is 2.15. The molecular formula is C23H18BrN3O6. The molecule has 3 aromatic carbocycles. The first-order valence-corrected chi connectivity index (χ1v) is 10.4. The first-order valence-electron chi connectivity index (χ1n) is 9.60. The van der Waals surface area contributed by atoms with Gasteiger partial charge in [-0.2, -0.15) is 5.10 Å². The maximum atomic E-state index is 12.4. The third-order valence-electron chi connectivity index (χ3n) is 4.28. The number of carbonyl (C=O) groups excluding carboxylic acids is 2. The molecule has 0 fully saturated rings. The summed E-state index contributed by atoms with van der Waals surface area (Å²) in [4.78, 5) is 34.8. The van der Waals surface area contributed by atoms with Crippen LogP contribution in [-0.4, -0.2) is 29.6 Å². The maximum Gasteiger partial charge on any atom is 0.343 e. The van der Waals surface area contributed by atoms with E-state index in [9.17, 15) is 19.7 Å². The van der Waals surface area contributed by atoms with Gasteiger partial charge in [-0.1, -0.05) is 45.8 Å². The van der Waals surface area contributed by atoms with Crippen LogP contribution < -0.4 is 14.9 Å². The number of nitro groups is 1. The number of ether oxygens (including phenoxy) is 2. The molecule has 0 unspecified atom stereocenters. The van der Waals surface area contributed by atoms with E-state index in [2.05, 4.69) is 26.5 Å². The van der Waals surface area contributed by atoms with E-state index in [4.69, 9.17) is 9.47 Å². The van der Waals surface area contributed by atoms with Gasteiger partial charge in [-0.05, 0) is 43.3 Å². The Bertz CT molecular complexity index is 1210. The molecule has 1 amide bonds. The van der Waals surface area contributed by atoms with Crippen molar-refractivity contribution in [3.63, 3.8) is 0 Å². The van der Waals surface area contributed by atoms with Crippen LogP contribution in [-0.2, 0) is 4.79 Å². The number of aryl methyl sites for hydroxylation is 1. The summed E-state index contributed by atoms with van der Waals surface area (Å²) in [7, 11) is 0. The standard InChI is InChI=1S/C23H18BrN3O6/c1-15-6-8-16(9-7-15)23(29)33-20-11-10-18(24)12-17(20)13-25-26-22(28)14-32-21-5-3-2-4-19(21)27(30)31/h2-13H,14H2,1H3,(H,26,28)/b25-13+. The van der Waals surface area contributed by atoms with E-state index >= 15 is 0 Å². The minimum absolute atomic E-state index is 0.0288. The first-order chi connectivity index (χ1) is 15.8. The van der Waals surface area contributed by atoms with E-state index in [1.165, 1.54) is 24.4 Å². The van der Waals surface area contributed by atoms with Crippen LogP contribution in [0, 0.1) is 17.0 Å². The minimum atomic E-state index is -0.627. The molecule has 0 radical (unpaired) electrons. The number of carbonyl (C=O) groups is 2. The summed E-state index contributed by atoms with van der Waals surface area (Å²) < 4.78 is 11.4. The molecule has 3 rings (SSSR count). The third-order valence-corrected chi connectivity index (χ3v) is 4.77. The highest BCUT2D eigenvalue weighted by molar-refractivity contribution is 9.10. The average molecular weight is 512 g/mol. The number of hydrogen-bond donors (Lipinski definition) is 1. The van der Waals surface area contributed by atoms with Crippen LogP contribution >= 0.6 is 15.9 Å². The minimum Gasteiger partial charge on any atom is -0.477 e. The molecule has 0 aliphatic rings. The number of nitro benzene ring substituents is 1. The number of hydrazone groups is 1. The van der Waals surface area contributed by atoms with Crippen molar-refractivity contribution in [1.29, 1.82) is 0 Å². The van der Waals surface area contributed by atoms with Crippen molar-refractivity contribution >= 4 is 39.7 Å². The highest BCUT2D eigenvalue weighted by atomic mass is 79.9. The summed E-state index contributed by atoms with van der Waals surface area (Å²) in [5.74, 6) is -0.941. The molecule has 0 aromatic heterocycles. The fourth-order valence-corrected chi connectivity index (χ4v) is 3.02. The van der Waals surface area contributed by atoms with Crippen molar-refractivity contribution in [3.8, 4) is 11.5 Å². The summed E-state index contributed by atoms with van der Waals surface area (Å²) in [6.07, 6.45) is 1.31. The number of para-hydroxylation sites is 2. The largest absolute Gasteiger partial charge is 0.477 e. The van der Waals surface area contributed by atoms with Gasteiger partial charge in [0.1, 0.15) is 5.75 Å². The number of nitrogens with zero attached hydrogens (tertiary/aromatic N) is 2. The zero-order chi connectivity index (χ0) is 23.8. The van der Waals surface area contributed by atoms with E-state index in [0.29, 0.717) is 15.6 Å². The van der Waals surface area contributed by atoms with Crippen LogP contribution in [0.4, 0.5) is 5.69 Å². The van der Waals surface area contributed by atoms with Crippen LogP contribution in [0.2, 0.25) is 0 Å². The van der Waals surface area contributed by atoms with Crippen LogP contribution in [0.3, 0.4) is 0 Å². The molecule has 0 bridgehead atoms. The lowest BCUT2D eigenvalue weighted by Gasteiger charge is -2.08. The molecule has 0 aliphatic carbocycles. The van der Waals surface area contributed by atoms with Gasteiger partial charge >= 0.3 is 11.7 Å². The number of hydrogen-bond acceptors (Lipinski definition) is 7. The number of rotatable bonds is 8. The topological polar surface area (TPSA) is 120 Å². The molecule has 0 saturated heterocycles. The molecule has 0 atom stereocenters. The molecule has 10 heteroatoms. The first kappa shape index (κ1) is 23.6. The van der Waals surface area contributed by atoms with Crippen LogP contribution in [0.25, 0.3) is 0 Å². The number of amides is 1. The number of halogens is 1. The fourth-order valence-electron chi connectivity index (χ4n) is 2.64. The summed E-state index contributed by atoms with van der Waals surface area (Å²) in [5.41, 5.74) is 3.87. The molecular weight excluding hydrogens is 494 g/mol. The monoisotopic (exact) mass is 511 g/mol. The van der Waals surface area contributed by atoms with Crippen LogP contribution in [0.5, 0.6) is 11.5 Å². The smallest absolute Gasteiger partial charge is 0.343 e. The van der Waals surface area contributed by atoms with Crippen molar-refractivity contribution in [2.45, 2.75) is 6.92 Å². The van der Waals surface area contributed by atoms with Gasteiger partial charge in [0.05, 0.1) is 16.7 Å². The Morgan fingerprint density at radius 1 is 1.09 bits per heavy atom. The molecule has 9 nitrogen and oxygen atoms in total. The summed E-state index contributed by atoms with van der Waals surface area (Å²) in [6, 6.07) is 17.6. The van der Waals surface area contributed by atoms with Crippen molar-refractivity contribution in [2.24, 2.45) is 5.10 Å². The zero-order valence-electron chi connectivity index (χ0n) is 17.4. The molecule has 0 spiro atoms. The van der Waals surface area contributed by atoms with Crippen molar-refractivity contribution < 1.29 is 24.0 Å². The SMILES string of the molecule is Cc1ccc(C(=O)Oc2ccc(Br)cc2/C=N/NC(=O)COc2ccccc2[N+](=O)[O-])cc1. The average Bonchev–Trinajstić information content (AvgIpc) is 2.80. The van der Waals surface area contributed by atoms with E-state index in [1.54, 1.807) is 36.4 Å². The highest BCUT2D eigenvalue weighted by Crippen LogP contribution is 2.25. The van der Waals surface area contributed by atoms with Gasteiger partial charge in [-0.3, -0.25) is 14.9 Å². The van der Waals surface area contributed by atoms with E-state index in [0.717, 1.165) is 5.56 Å². The molecule has 168 valence electrons. The van der Waals surface area contributed by atoms with Gasteiger partial charge in [-0.15, -0.1) is 0 Å². The van der Waals surface area contributed by atoms with Gasteiger partial charge in [0.15, 0.2) is 12.4 Å². The third kappa shape index (κ3) is 6.71. The Morgan fingerprint density at radius 3 is 2.55 bits per heavy atom. The van der Waals surface area contributed by atoms with Crippen LogP contribution in [0.15, 0.2) is 76.3 Å². The zero-order valence-corrected chi connectivity index (χ0v) is 18.9. The van der Waals surface area contributed by atoms with Gasteiger partial charge in [-0.25, -0.2) is 10.2 Å². The van der Waals surface area contributed by atoms with Gasteiger partial charge in [0.25, 0.3) is 5.91 Å². The lowest BCUT2D eigenvalue weighted by molar-refractivity contribution is -0.385. The Kier molecular flexibility index (Phi) is 7.87. The molecule has 33 heavy (non-hydrogen) atoms. The van der Waals surface area contributed by atoms with Gasteiger partial charge in [0, 0.05) is 16.1 Å². The molecule has 0 saturated carbocycles. The van der Waals surface area contributed by atoms with Crippen molar-refractivity contribution in [1.82, 2.24) is 5.43 Å². The molecule has 1 N–H and O–H groups in total. The quantitative estimate of drug-likeness (QED) is 0.157. The second-order valence-electron chi connectivity index (χ2n) is 6.74. The normalized spacial score (nSPS) is 10.6. The molecule has 3 aromatic rings. The summed E-state index contributed by atoms with van der Waals surface area (Å²) >= 11 is 3.34. The second kappa shape index (κ2) is 11.0. The van der Waals surface area contributed by atoms with Crippen molar-refractivity contribution in [2.75, 3.05) is 6.61 Å². The van der Waals surface area contributed by atoms with E-state index < -0.39 is 23.4 Å². The number of benzene rings is 3. The van der Waals surface area contributed by atoms with Crippen LogP contribution in [0.1, 0.15) is 21.5 Å². The predicted molar refractivity (Wildman–Crippen MR) is 125 cm³/mol. The Labute approximate surface area is 197 Å². The summed E-state index contributed by atoms with van der Waals surface area (Å²) in [6.45, 7) is 1.44. The molecule has 0 aliphatic heterocycles. The predicted octanol–water partition coefficient (Wildman–Crippen LogP) is 4.41. The number of esters is 1. The Morgan fingerprint density at radius 2 is 1.82 bits per heavy atom. The Balaban J connectivity index is 1.63. The Hall–Kier alpha value is -4.05. The lowest BCUT2D eigenvalue weighted by Crippen LogP contribution is -2.24. The second-order valence-corrected chi connectivity index (χ2v) is 7.66. The van der Waals surface area contributed by atoms with E-state index in [-0.39, 0.29) is 17.2 Å². The van der Waals surface area contributed by atoms with Gasteiger partial charge < -0.3 is 9.47 Å². The van der Waals surface area contributed by atoms with Gasteiger partial charge in [0.2, 0.25) is 0 Å². The fraction of sp³-hybridized carbons (Fsp3) is 0.0870. The molecule has 0 heterocycles. The number of nitrogens with one attached hydrogen (secondary N) is 1.